The Morgan fingerprint density at radius 2 is 2.10 bits per heavy atom. The lowest BCUT2D eigenvalue weighted by molar-refractivity contribution is -0.144. The van der Waals surface area contributed by atoms with Crippen molar-refractivity contribution in [3.8, 4) is 6.07 Å². The lowest BCUT2D eigenvalue weighted by Crippen LogP contribution is -2.44. The molecule has 6 heteroatoms. The van der Waals surface area contributed by atoms with Crippen LogP contribution in [-0.2, 0) is 11.2 Å². The Bertz CT molecular complexity index is 716. The summed E-state index contributed by atoms with van der Waals surface area (Å²) < 4.78 is 0. The predicted molar refractivity (Wildman–Crippen MR) is 70.0 cm³/mol. The average molecular weight is 267 g/mol. The Morgan fingerprint density at radius 3 is 2.70 bits per heavy atom. The molecule has 0 amide bonds. The number of nitriles is 1. The number of carbonyl (C=O) groups is 2. The number of rotatable bonds is 2. The van der Waals surface area contributed by atoms with Gasteiger partial charge in [0.1, 0.15) is 0 Å². The minimum absolute atomic E-state index is 0.166. The third kappa shape index (κ3) is 1.43. The van der Waals surface area contributed by atoms with Crippen LogP contribution in [0.25, 0.3) is 0 Å². The van der Waals surface area contributed by atoms with E-state index in [1.807, 2.05) is 6.07 Å². The number of aliphatic imine (C=N–C) groups is 2. The zero-order chi connectivity index (χ0) is 14.3. The van der Waals surface area contributed by atoms with Crippen LogP contribution in [0.5, 0.6) is 0 Å². The summed E-state index contributed by atoms with van der Waals surface area (Å²) in [7, 11) is 0. The van der Waals surface area contributed by atoms with Crippen molar-refractivity contribution in [2.45, 2.75) is 12.1 Å². The van der Waals surface area contributed by atoms with Crippen molar-refractivity contribution in [1.29, 1.82) is 5.26 Å². The molecule has 0 fully saturated rings. The molecule has 3 rings (SSSR count). The molecule has 6 nitrogen and oxygen atoms in total. The largest absolute Gasteiger partial charge is 0.478 e. The van der Waals surface area contributed by atoms with Gasteiger partial charge in [0.15, 0.2) is 5.78 Å². The minimum Gasteiger partial charge on any atom is -0.478 e. The highest BCUT2D eigenvalue weighted by Gasteiger charge is 2.53. The van der Waals surface area contributed by atoms with E-state index in [4.69, 9.17) is 5.26 Å². The van der Waals surface area contributed by atoms with Crippen LogP contribution >= 0.6 is 0 Å². The van der Waals surface area contributed by atoms with E-state index >= 15 is 0 Å². The van der Waals surface area contributed by atoms with E-state index in [1.165, 1.54) is 12.4 Å². The normalized spacial score (nSPS) is 21.8. The Hall–Kier alpha value is -2.81. The first-order valence-corrected chi connectivity index (χ1v) is 5.99. The maximum absolute atomic E-state index is 12.4. The van der Waals surface area contributed by atoms with Crippen molar-refractivity contribution in [2.75, 3.05) is 0 Å². The molecule has 0 saturated heterocycles. The summed E-state index contributed by atoms with van der Waals surface area (Å²) >= 11 is 0. The quantitative estimate of drug-likeness (QED) is 0.857. The van der Waals surface area contributed by atoms with Gasteiger partial charge in [-0.3, -0.25) is 4.79 Å². The SMILES string of the molecule is N#Cc1cccc2c1CC(C1(C(=O)O)N=CC=N1)C2=O. The van der Waals surface area contributed by atoms with E-state index in [-0.39, 0.29) is 12.2 Å². The molecule has 1 atom stereocenters. The van der Waals surface area contributed by atoms with Crippen LogP contribution in [0.15, 0.2) is 28.2 Å². The Kier molecular flexibility index (Phi) is 2.51. The van der Waals surface area contributed by atoms with Crippen molar-refractivity contribution in [3.63, 3.8) is 0 Å². The van der Waals surface area contributed by atoms with Crippen molar-refractivity contribution >= 4 is 24.2 Å². The zero-order valence-electron chi connectivity index (χ0n) is 10.3. The van der Waals surface area contributed by atoms with E-state index in [2.05, 4.69) is 9.98 Å². The molecule has 98 valence electrons. The van der Waals surface area contributed by atoms with Gasteiger partial charge in [-0.2, -0.15) is 5.26 Å². The molecule has 1 unspecified atom stereocenters. The number of hydrogen-bond donors (Lipinski definition) is 1. The molecule has 2 aliphatic rings. The van der Waals surface area contributed by atoms with Gasteiger partial charge in [0.05, 0.1) is 17.6 Å². The van der Waals surface area contributed by atoms with Gasteiger partial charge < -0.3 is 5.11 Å². The van der Waals surface area contributed by atoms with Crippen LogP contribution in [0.1, 0.15) is 21.5 Å². The molecule has 1 aromatic carbocycles. The van der Waals surface area contributed by atoms with Gasteiger partial charge in [-0.1, -0.05) is 12.1 Å². The average Bonchev–Trinajstić information content (AvgIpc) is 3.05. The first-order chi connectivity index (χ1) is 9.60. The number of aliphatic carboxylic acids is 1. The van der Waals surface area contributed by atoms with Gasteiger partial charge >= 0.3 is 5.97 Å². The smallest absolute Gasteiger partial charge is 0.355 e. The summed E-state index contributed by atoms with van der Waals surface area (Å²) in [6.45, 7) is 0. The zero-order valence-corrected chi connectivity index (χ0v) is 10.3. The molecule has 0 bridgehead atoms. The number of nitrogens with zero attached hydrogens (tertiary/aromatic N) is 3. The number of Topliss-reactive ketones (excluding diaryl/α,β-unsaturated/α-hetero) is 1. The number of benzene rings is 1. The number of hydrogen-bond acceptors (Lipinski definition) is 5. The minimum atomic E-state index is -1.79. The summed E-state index contributed by atoms with van der Waals surface area (Å²) in [5.74, 6) is -2.48. The number of carboxylic acids is 1. The third-order valence-electron chi connectivity index (χ3n) is 3.70. The summed E-state index contributed by atoms with van der Waals surface area (Å²) in [5, 5.41) is 18.5. The van der Waals surface area contributed by atoms with Crippen LogP contribution < -0.4 is 0 Å². The molecule has 1 aliphatic heterocycles. The number of ketones is 1. The Balaban J connectivity index is 2.11. The number of carboxylic acid groups (broad SMARTS) is 1. The van der Waals surface area contributed by atoms with Crippen LogP contribution in [0.4, 0.5) is 0 Å². The van der Waals surface area contributed by atoms with E-state index in [1.54, 1.807) is 18.2 Å². The number of carbonyl (C=O) groups excluding carboxylic acids is 1. The van der Waals surface area contributed by atoms with Gasteiger partial charge in [0, 0.05) is 18.0 Å². The maximum Gasteiger partial charge on any atom is 0.355 e. The second-order valence-corrected chi connectivity index (χ2v) is 4.65. The van der Waals surface area contributed by atoms with Crippen molar-refractivity contribution in [3.05, 3.63) is 34.9 Å². The molecule has 0 radical (unpaired) electrons. The van der Waals surface area contributed by atoms with Crippen LogP contribution in [0.2, 0.25) is 0 Å². The van der Waals surface area contributed by atoms with Crippen LogP contribution in [0.3, 0.4) is 0 Å². The fourth-order valence-corrected chi connectivity index (χ4v) is 2.72. The molecule has 0 aromatic heterocycles. The third-order valence-corrected chi connectivity index (χ3v) is 3.70. The van der Waals surface area contributed by atoms with Crippen LogP contribution in [0, 0.1) is 17.2 Å². The van der Waals surface area contributed by atoms with Crippen molar-refractivity contribution in [2.24, 2.45) is 15.9 Å². The summed E-state index contributed by atoms with van der Waals surface area (Å²) in [6, 6.07) is 6.86. The van der Waals surface area contributed by atoms with Gasteiger partial charge in [-0.25, -0.2) is 14.8 Å². The highest BCUT2D eigenvalue weighted by Crippen LogP contribution is 2.39. The van der Waals surface area contributed by atoms with Crippen LogP contribution in [-0.4, -0.2) is 35.0 Å². The molecule has 1 N–H and O–H groups in total. The Labute approximate surface area is 114 Å². The predicted octanol–water partition coefficient (Wildman–Crippen LogP) is 0.849. The first kappa shape index (κ1) is 12.2. The van der Waals surface area contributed by atoms with E-state index < -0.39 is 17.6 Å². The topological polar surface area (TPSA) is 103 Å². The molecule has 1 heterocycles. The first-order valence-electron chi connectivity index (χ1n) is 5.99. The number of fused-ring (bicyclic) bond motifs is 1. The second-order valence-electron chi connectivity index (χ2n) is 4.65. The van der Waals surface area contributed by atoms with Gasteiger partial charge in [0.2, 0.25) is 0 Å². The standard InChI is InChI=1S/C14H9N3O3/c15-7-8-2-1-3-9-10(8)6-11(12(9)18)14(13(19)20)16-4-5-17-14/h1-5,11H,6H2,(H,19,20). The fourth-order valence-electron chi connectivity index (χ4n) is 2.72. The molecule has 20 heavy (non-hydrogen) atoms. The molecule has 0 saturated carbocycles. The highest BCUT2D eigenvalue weighted by molar-refractivity contribution is 6.20. The molecule has 0 spiro atoms. The van der Waals surface area contributed by atoms with Gasteiger partial charge in [0.25, 0.3) is 5.66 Å². The lowest BCUT2D eigenvalue weighted by Gasteiger charge is -2.23. The van der Waals surface area contributed by atoms with Crippen molar-refractivity contribution in [1.82, 2.24) is 0 Å². The Morgan fingerprint density at radius 1 is 1.40 bits per heavy atom. The lowest BCUT2D eigenvalue weighted by atomic mass is 9.89. The van der Waals surface area contributed by atoms with Crippen molar-refractivity contribution < 1.29 is 14.7 Å². The summed E-state index contributed by atoms with van der Waals surface area (Å²) in [5.41, 5.74) is -0.414. The van der Waals surface area contributed by atoms with E-state index in [9.17, 15) is 14.7 Å². The van der Waals surface area contributed by atoms with Gasteiger partial charge in [-0.05, 0) is 18.1 Å². The second kappa shape index (κ2) is 4.10. The molecular formula is C14H9N3O3. The van der Waals surface area contributed by atoms with E-state index in [0.29, 0.717) is 16.7 Å². The van der Waals surface area contributed by atoms with Gasteiger partial charge in [-0.15, -0.1) is 0 Å². The summed E-state index contributed by atoms with van der Waals surface area (Å²) in [4.78, 5) is 31.7. The highest BCUT2D eigenvalue weighted by atomic mass is 16.4. The molecule has 1 aliphatic carbocycles. The fraction of sp³-hybridized carbons (Fsp3) is 0.214. The summed E-state index contributed by atoms with van der Waals surface area (Å²) in [6.07, 6.45) is 2.74. The maximum atomic E-state index is 12.4. The molecular weight excluding hydrogens is 258 g/mol. The molecule has 1 aromatic rings. The monoisotopic (exact) mass is 267 g/mol. The van der Waals surface area contributed by atoms with E-state index in [0.717, 1.165) is 0 Å².